The Balaban J connectivity index is 2.08. The molecule has 0 fully saturated rings. The van der Waals surface area contributed by atoms with Crippen molar-refractivity contribution in [2.24, 2.45) is 5.41 Å². The fraction of sp³-hybridized carbons (Fsp3) is 0.357. The Morgan fingerprint density at radius 2 is 1.95 bits per heavy atom. The number of urea groups is 1. The molecule has 7 heteroatoms. The normalized spacial score (nSPS) is 12.9. The molecule has 0 spiro atoms. The highest BCUT2D eigenvalue weighted by Gasteiger charge is 2.32. The molecule has 1 heterocycles. The molecule has 112 valence electrons. The SMILES string of the molecule is CC(C)(C)[C@@H](NC(=O)Nc1nc2ccccc2s1)C(=O)O. The fourth-order valence-electron chi connectivity index (χ4n) is 1.84. The average Bonchev–Trinajstić information content (AvgIpc) is 2.76. The van der Waals surface area contributed by atoms with E-state index in [1.807, 2.05) is 24.3 Å². The van der Waals surface area contributed by atoms with Crippen molar-refractivity contribution < 1.29 is 14.7 Å². The molecule has 6 nitrogen and oxygen atoms in total. The van der Waals surface area contributed by atoms with Gasteiger partial charge in [0.1, 0.15) is 6.04 Å². The van der Waals surface area contributed by atoms with Crippen LogP contribution in [0.3, 0.4) is 0 Å². The van der Waals surface area contributed by atoms with Crippen molar-refractivity contribution >= 4 is 38.7 Å². The first-order valence-electron chi connectivity index (χ1n) is 6.43. The second kappa shape index (κ2) is 5.69. The van der Waals surface area contributed by atoms with Crippen LogP contribution in [0, 0.1) is 5.41 Å². The Morgan fingerprint density at radius 3 is 2.52 bits per heavy atom. The maximum atomic E-state index is 11.9. The van der Waals surface area contributed by atoms with Crippen molar-refractivity contribution in [2.45, 2.75) is 26.8 Å². The van der Waals surface area contributed by atoms with Gasteiger partial charge in [0.2, 0.25) is 0 Å². The Labute approximate surface area is 126 Å². The number of nitrogens with zero attached hydrogens (tertiary/aromatic N) is 1. The summed E-state index contributed by atoms with van der Waals surface area (Å²) in [5.74, 6) is -1.07. The van der Waals surface area contributed by atoms with Crippen LogP contribution >= 0.6 is 11.3 Å². The van der Waals surface area contributed by atoms with Crippen LogP contribution in [-0.4, -0.2) is 28.1 Å². The van der Waals surface area contributed by atoms with Gasteiger partial charge in [-0.1, -0.05) is 44.2 Å². The van der Waals surface area contributed by atoms with E-state index in [9.17, 15) is 14.7 Å². The van der Waals surface area contributed by atoms with Crippen LogP contribution in [0.25, 0.3) is 10.2 Å². The van der Waals surface area contributed by atoms with Gasteiger partial charge in [-0.25, -0.2) is 14.6 Å². The molecule has 0 aliphatic rings. The van der Waals surface area contributed by atoms with Gasteiger partial charge >= 0.3 is 12.0 Å². The second-order valence-corrected chi connectivity index (χ2v) is 6.75. The summed E-state index contributed by atoms with van der Waals surface area (Å²) >= 11 is 1.34. The highest BCUT2D eigenvalue weighted by Crippen LogP contribution is 2.25. The van der Waals surface area contributed by atoms with Gasteiger partial charge in [0, 0.05) is 0 Å². The Morgan fingerprint density at radius 1 is 1.29 bits per heavy atom. The van der Waals surface area contributed by atoms with E-state index in [2.05, 4.69) is 15.6 Å². The van der Waals surface area contributed by atoms with Crippen LogP contribution in [-0.2, 0) is 4.79 Å². The van der Waals surface area contributed by atoms with Crippen LogP contribution in [0.1, 0.15) is 20.8 Å². The lowest BCUT2D eigenvalue weighted by Crippen LogP contribution is -2.50. The van der Waals surface area contributed by atoms with Crippen molar-refractivity contribution in [3.05, 3.63) is 24.3 Å². The molecule has 2 amide bonds. The molecule has 0 radical (unpaired) electrons. The number of thiazole rings is 1. The molecule has 1 aromatic heterocycles. The summed E-state index contributed by atoms with van der Waals surface area (Å²) in [6.45, 7) is 5.26. The molecule has 0 bridgehead atoms. The summed E-state index contributed by atoms with van der Waals surface area (Å²) in [7, 11) is 0. The quantitative estimate of drug-likeness (QED) is 0.813. The van der Waals surface area contributed by atoms with Crippen LogP contribution in [0.15, 0.2) is 24.3 Å². The summed E-state index contributed by atoms with van der Waals surface area (Å²) in [6, 6.07) is 5.97. The van der Waals surface area contributed by atoms with Gasteiger partial charge in [-0.2, -0.15) is 0 Å². The first-order valence-corrected chi connectivity index (χ1v) is 7.25. The van der Waals surface area contributed by atoms with Crippen LogP contribution < -0.4 is 10.6 Å². The molecule has 2 rings (SSSR count). The number of benzene rings is 1. The molecule has 0 unspecified atom stereocenters. The minimum atomic E-state index is -1.07. The molecule has 2 aromatic rings. The number of nitrogens with one attached hydrogen (secondary N) is 2. The Bertz CT molecular complexity index is 642. The smallest absolute Gasteiger partial charge is 0.326 e. The average molecular weight is 307 g/mol. The number of carbonyl (C=O) groups excluding carboxylic acids is 1. The number of para-hydroxylation sites is 1. The molecule has 0 saturated carbocycles. The van der Waals surface area contributed by atoms with Crippen LogP contribution in [0.4, 0.5) is 9.93 Å². The number of aliphatic carboxylic acids is 1. The van der Waals surface area contributed by atoms with Crippen LogP contribution in [0.2, 0.25) is 0 Å². The fourth-order valence-corrected chi connectivity index (χ4v) is 2.70. The van der Waals surface area contributed by atoms with Crippen LogP contribution in [0.5, 0.6) is 0 Å². The molecule has 21 heavy (non-hydrogen) atoms. The van der Waals surface area contributed by atoms with Crippen molar-refractivity contribution in [2.75, 3.05) is 5.32 Å². The highest BCUT2D eigenvalue weighted by atomic mass is 32.1. The maximum Gasteiger partial charge on any atom is 0.326 e. The zero-order valence-corrected chi connectivity index (χ0v) is 12.8. The highest BCUT2D eigenvalue weighted by molar-refractivity contribution is 7.22. The standard InChI is InChI=1S/C14H17N3O3S/c1-14(2,3)10(11(18)19)16-12(20)17-13-15-8-6-4-5-7-9(8)21-13/h4-7,10H,1-3H3,(H,18,19)(H2,15,16,17,20)/t10-/m0/s1. The summed E-state index contributed by atoms with van der Waals surface area (Å²) in [4.78, 5) is 27.4. The number of aromatic nitrogens is 1. The van der Waals surface area contributed by atoms with E-state index in [1.165, 1.54) is 11.3 Å². The molecular weight excluding hydrogens is 290 g/mol. The first-order chi connectivity index (χ1) is 9.77. The second-order valence-electron chi connectivity index (χ2n) is 5.72. The molecule has 3 N–H and O–H groups in total. The molecule has 0 aliphatic heterocycles. The van der Waals surface area contributed by atoms with Gasteiger partial charge in [0.25, 0.3) is 0 Å². The third-order valence-corrected chi connectivity index (χ3v) is 3.85. The molecule has 1 aromatic carbocycles. The van der Waals surface area contributed by atoms with E-state index in [0.29, 0.717) is 5.13 Å². The Hall–Kier alpha value is -2.15. The maximum absolute atomic E-state index is 11.9. The lowest BCUT2D eigenvalue weighted by atomic mass is 9.87. The summed E-state index contributed by atoms with van der Waals surface area (Å²) in [5, 5.41) is 14.7. The Kier molecular flexibility index (Phi) is 4.13. The van der Waals surface area contributed by atoms with Crippen molar-refractivity contribution in [3.63, 3.8) is 0 Å². The van der Waals surface area contributed by atoms with Crippen molar-refractivity contribution in [3.8, 4) is 0 Å². The molecular formula is C14H17N3O3S. The number of anilines is 1. The van der Waals surface area contributed by atoms with Gasteiger partial charge in [-0.15, -0.1) is 0 Å². The van der Waals surface area contributed by atoms with Gasteiger partial charge in [0.05, 0.1) is 10.2 Å². The minimum absolute atomic E-state index is 0.437. The topological polar surface area (TPSA) is 91.3 Å². The summed E-state index contributed by atoms with van der Waals surface area (Å²) < 4.78 is 0.957. The van der Waals surface area contributed by atoms with E-state index in [4.69, 9.17) is 0 Å². The number of amides is 2. The largest absolute Gasteiger partial charge is 0.480 e. The van der Waals surface area contributed by atoms with Gasteiger partial charge in [-0.05, 0) is 17.5 Å². The predicted octanol–water partition coefficient (Wildman–Crippen LogP) is 2.92. The number of hydrogen-bond donors (Lipinski definition) is 3. The zero-order valence-electron chi connectivity index (χ0n) is 12.0. The number of carboxylic acid groups (broad SMARTS) is 1. The molecule has 0 aliphatic carbocycles. The summed E-state index contributed by atoms with van der Waals surface area (Å²) in [6.07, 6.45) is 0. The lowest BCUT2D eigenvalue weighted by molar-refractivity contribution is -0.141. The third-order valence-electron chi connectivity index (χ3n) is 2.90. The number of carboxylic acids is 1. The first kappa shape index (κ1) is 15.2. The van der Waals surface area contributed by atoms with E-state index < -0.39 is 23.5 Å². The zero-order chi connectivity index (χ0) is 15.6. The van der Waals surface area contributed by atoms with Crippen molar-refractivity contribution in [1.82, 2.24) is 10.3 Å². The summed E-state index contributed by atoms with van der Waals surface area (Å²) in [5.41, 5.74) is 0.208. The monoisotopic (exact) mass is 307 g/mol. The van der Waals surface area contributed by atoms with Crippen molar-refractivity contribution in [1.29, 1.82) is 0 Å². The van der Waals surface area contributed by atoms with E-state index in [-0.39, 0.29) is 0 Å². The van der Waals surface area contributed by atoms with Gasteiger partial charge in [-0.3, -0.25) is 5.32 Å². The number of hydrogen-bond acceptors (Lipinski definition) is 4. The number of fused-ring (bicyclic) bond motifs is 1. The predicted molar refractivity (Wildman–Crippen MR) is 82.7 cm³/mol. The van der Waals surface area contributed by atoms with E-state index >= 15 is 0 Å². The van der Waals surface area contributed by atoms with Gasteiger partial charge in [0.15, 0.2) is 5.13 Å². The number of carbonyl (C=O) groups is 2. The van der Waals surface area contributed by atoms with Gasteiger partial charge < -0.3 is 10.4 Å². The third kappa shape index (κ3) is 3.69. The molecule has 0 saturated heterocycles. The lowest BCUT2D eigenvalue weighted by Gasteiger charge is -2.27. The number of rotatable bonds is 3. The van der Waals surface area contributed by atoms with E-state index in [1.54, 1.807) is 20.8 Å². The van der Waals surface area contributed by atoms with E-state index in [0.717, 1.165) is 10.2 Å². The minimum Gasteiger partial charge on any atom is -0.480 e. The molecule has 1 atom stereocenters.